The van der Waals surface area contributed by atoms with Gasteiger partial charge in [0, 0.05) is 51.6 Å². The molecular formula is C26H21NS3. The molecule has 4 heterocycles. The van der Waals surface area contributed by atoms with Gasteiger partial charge in [-0.25, -0.2) is 0 Å². The molecule has 6 aromatic rings. The summed E-state index contributed by atoms with van der Waals surface area (Å²) in [4.78, 5) is 6.30. The normalized spacial score (nSPS) is 12.7. The summed E-state index contributed by atoms with van der Waals surface area (Å²) < 4.78 is 5.41. The third kappa shape index (κ3) is 2.67. The van der Waals surface area contributed by atoms with Gasteiger partial charge in [0.25, 0.3) is 0 Å². The Morgan fingerprint density at radius 1 is 0.833 bits per heavy atom. The van der Waals surface area contributed by atoms with Crippen LogP contribution in [0.4, 0.5) is 0 Å². The molecule has 0 unspecified atom stereocenters. The van der Waals surface area contributed by atoms with Gasteiger partial charge in [0.2, 0.25) is 0 Å². The Morgan fingerprint density at radius 2 is 1.63 bits per heavy atom. The number of nitrogens with zero attached hydrogens (tertiary/aromatic N) is 1. The first-order valence-corrected chi connectivity index (χ1v) is 12.6. The molecule has 4 aromatic heterocycles. The first kappa shape index (κ1) is 18.5. The van der Waals surface area contributed by atoms with Crippen LogP contribution < -0.4 is 0 Å². The van der Waals surface area contributed by atoms with E-state index >= 15 is 0 Å². The van der Waals surface area contributed by atoms with Crippen LogP contribution in [-0.2, 0) is 5.41 Å². The van der Waals surface area contributed by atoms with Gasteiger partial charge < -0.3 is 0 Å². The lowest BCUT2D eigenvalue weighted by molar-refractivity contribution is 0.597. The quantitative estimate of drug-likeness (QED) is 0.247. The molecule has 0 aliphatic carbocycles. The maximum absolute atomic E-state index is 4.94. The van der Waals surface area contributed by atoms with Crippen LogP contribution >= 0.6 is 34.0 Å². The zero-order chi connectivity index (χ0) is 20.6. The van der Waals surface area contributed by atoms with Crippen molar-refractivity contribution in [2.75, 3.05) is 0 Å². The van der Waals surface area contributed by atoms with E-state index in [0.717, 1.165) is 5.69 Å². The molecule has 0 amide bonds. The molecule has 0 radical (unpaired) electrons. The summed E-state index contributed by atoms with van der Waals surface area (Å²) in [6.07, 6.45) is 1.97. The SMILES string of the molecule is Cc1cc2c(ccc3sc4ccnc(-c5cc(C(C)(C)C)c6sccc6c5)c4c32)s1. The van der Waals surface area contributed by atoms with Gasteiger partial charge in [-0.2, -0.15) is 0 Å². The second-order valence-electron chi connectivity index (χ2n) is 8.96. The molecule has 4 heteroatoms. The Hall–Kier alpha value is -2.27. The lowest BCUT2D eigenvalue weighted by Crippen LogP contribution is -2.11. The van der Waals surface area contributed by atoms with E-state index < -0.39 is 0 Å². The number of aromatic nitrogens is 1. The van der Waals surface area contributed by atoms with Gasteiger partial charge in [-0.15, -0.1) is 34.0 Å². The van der Waals surface area contributed by atoms with Crippen LogP contribution in [0, 0.1) is 6.92 Å². The molecule has 0 spiro atoms. The molecule has 0 aliphatic rings. The Bertz CT molecular complexity index is 1590. The Balaban J connectivity index is 1.76. The number of fused-ring (bicyclic) bond motifs is 6. The van der Waals surface area contributed by atoms with Crippen molar-refractivity contribution in [3.8, 4) is 11.3 Å². The summed E-state index contributed by atoms with van der Waals surface area (Å²) in [5.41, 5.74) is 3.82. The number of aryl methyl sites for hydroxylation is 1. The molecular weight excluding hydrogens is 422 g/mol. The molecule has 0 saturated heterocycles. The summed E-state index contributed by atoms with van der Waals surface area (Å²) in [7, 11) is 0. The molecule has 0 N–H and O–H groups in total. The first-order valence-electron chi connectivity index (χ1n) is 10.1. The van der Waals surface area contributed by atoms with E-state index in [0.29, 0.717) is 0 Å². The van der Waals surface area contributed by atoms with Crippen molar-refractivity contribution in [2.45, 2.75) is 33.1 Å². The second-order valence-corrected chi connectivity index (χ2v) is 12.2. The van der Waals surface area contributed by atoms with Gasteiger partial charge in [0.1, 0.15) is 0 Å². The Kier molecular flexibility index (Phi) is 3.92. The van der Waals surface area contributed by atoms with Crippen LogP contribution in [-0.4, -0.2) is 4.98 Å². The van der Waals surface area contributed by atoms with E-state index in [-0.39, 0.29) is 5.41 Å². The topological polar surface area (TPSA) is 12.9 Å². The maximum Gasteiger partial charge on any atom is 0.0795 e. The fraction of sp³-hybridized carbons (Fsp3) is 0.192. The van der Waals surface area contributed by atoms with Gasteiger partial charge >= 0.3 is 0 Å². The average Bonchev–Trinajstić information content (AvgIpc) is 3.40. The van der Waals surface area contributed by atoms with E-state index in [9.17, 15) is 0 Å². The predicted octanol–water partition coefficient (Wildman–Crippen LogP) is 9.15. The Labute approximate surface area is 187 Å². The molecule has 0 atom stereocenters. The van der Waals surface area contributed by atoms with Crippen molar-refractivity contribution >= 4 is 74.4 Å². The molecule has 148 valence electrons. The summed E-state index contributed by atoms with van der Waals surface area (Å²) >= 11 is 5.59. The molecule has 0 bridgehead atoms. The molecule has 0 aliphatic heterocycles. The highest BCUT2D eigenvalue weighted by molar-refractivity contribution is 7.26. The molecule has 2 aromatic carbocycles. The van der Waals surface area contributed by atoms with Gasteiger partial charge in [0.05, 0.1) is 5.69 Å². The standard InChI is InChI=1S/C26H21NS3/c1-14-11-17-19(29-14)5-6-20-22(17)23-21(30-20)7-9-27-24(23)16-12-15-8-10-28-25(15)18(13-16)26(2,3)4/h5-13H,1-4H3. The summed E-state index contributed by atoms with van der Waals surface area (Å²) in [5, 5.41) is 7.55. The fourth-order valence-electron chi connectivity index (χ4n) is 4.45. The summed E-state index contributed by atoms with van der Waals surface area (Å²) in [6.45, 7) is 9.11. The van der Waals surface area contributed by atoms with Crippen LogP contribution in [0.25, 0.3) is 51.6 Å². The molecule has 0 saturated carbocycles. The number of pyridine rings is 1. The van der Waals surface area contributed by atoms with Crippen LogP contribution in [0.3, 0.4) is 0 Å². The van der Waals surface area contributed by atoms with Gasteiger partial charge in [-0.1, -0.05) is 20.8 Å². The van der Waals surface area contributed by atoms with Gasteiger partial charge in [-0.3, -0.25) is 4.98 Å². The lowest BCUT2D eigenvalue weighted by atomic mass is 9.84. The highest BCUT2D eigenvalue weighted by atomic mass is 32.1. The van der Waals surface area contributed by atoms with Crippen molar-refractivity contribution in [1.29, 1.82) is 0 Å². The van der Waals surface area contributed by atoms with Crippen LogP contribution in [0.15, 0.2) is 54.0 Å². The third-order valence-corrected chi connectivity index (χ3v) is 8.90. The van der Waals surface area contributed by atoms with Gasteiger partial charge in [0.15, 0.2) is 0 Å². The van der Waals surface area contributed by atoms with E-state index in [1.165, 1.54) is 56.3 Å². The largest absolute Gasteiger partial charge is 0.256 e. The lowest BCUT2D eigenvalue weighted by Gasteiger charge is -2.21. The number of hydrogen-bond donors (Lipinski definition) is 0. The fourth-order valence-corrected chi connectivity index (χ4v) is 7.60. The number of benzene rings is 2. The monoisotopic (exact) mass is 443 g/mol. The molecule has 6 rings (SSSR count). The first-order chi connectivity index (χ1) is 14.4. The zero-order valence-electron chi connectivity index (χ0n) is 17.4. The Morgan fingerprint density at radius 3 is 2.47 bits per heavy atom. The van der Waals surface area contributed by atoms with Crippen molar-refractivity contribution in [2.24, 2.45) is 0 Å². The van der Waals surface area contributed by atoms with E-state index in [2.05, 4.69) is 75.5 Å². The minimum absolute atomic E-state index is 0.0848. The van der Waals surface area contributed by atoms with Crippen LogP contribution in [0.2, 0.25) is 0 Å². The number of hydrogen-bond acceptors (Lipinski definition) is 4. The van der Waals surface area contributed by atoms with Crippen molar-refractivity contribution in [3.05, 3.63) is 64.5 Å². The predicted molar refractivity (Wildman–Crippen MR) is 137 cm³/mol. The van der Waals surface area contributed by atoms with E-state index in [1.54, 1.807) is 0 Å². The van der Waals surface area contributed by atoms with E-state index in [1.807, 2.05) is 40.2 Å². The van der Waals surface area contributed by atoms with Crippen LogP contribution in [0.1, 0.15) is 31.2 Å². The minimum Gasteiger partial charge on any atom is -0.256 e. The minimum atomic E-state index is 0.0848. The summed E-state index contributed by atoms with van der Waals surface area (Å²) in [6, 6.07) is 16.0. The number of rotatable bonds is 1. The molecule has 30 heavy (non-hydrogen) atoms. The molecule has 1 nitrogen and oxygen atoms in total. The highest BCUT2D eigenvalue weighted by Gasteiger charge is 2.21. The second kappa shape index (κ2) is 6.36. The van der Waals surface area contributed by atoms with Crippen LogP contribution in [0.5, 0.6) is 0 Å². The number of thiophene rings is 3. The zero-order valence-corrected chi connectivity index (χ0v) is 19.8. The highest BCUT2D eigenvalue weighted by Crippen LogP contribution is 2.45. The van der Waals surface area contributed by atoms with Gasteiger partial charge in [-0.05, 0) is 71.1 Å². The van der Waals surface area contributed by atoms with E-state index in [4.69, 9.17) is 4.98 Å². The smallest absolute Gasteiger partial charge is 0.0795 e. The molecule has 0 fully saturated rings. The summed E-state index contributed by atoms with van der Waals surface area (Å²) in [5.74, 6) is 0. The van der Waals surface area contributed by atoms with Crippen molar-refractivity contribution in [1.82, 2.24) is 4.98 Å². The third-order valence-electron chi connectivity index (χ3n) is 5.80. The average molecular weight is 444 g/mol. The maximum atomic E-state index is 4.94. The van der Waals surface area contributed by atoms with Crippen molar-refractivity contribution in [3.63, 3.8) is 0 Å². The van der Waals surface area contributed by atoms with Crippen molar-refractivity contribution < 1.29 is 0 Å².